The van der Waals surface area contributed by atoms with Crippen LogP contribution in [0.1, 0.15) is 10.5 Å². The van der Waals surface area contributed by atoms with Crippen LogP contribution in [0.25, 0.3) is 10.2 Å². The van der Waals surface area contributed by atoms with Crippen molar-refractivity contribution in [3.63, 3.8) is 0 Å². The zero-order valence-electron chi connectivity index (χ0n) is 12.5. The normalized spacial score (nSPS) is 11.6. The van der Waals surface area contributed by atoms with Gasteiger partial charge in [0.15, 0.2) is 10.5 Å². The number of carbonyl (C=O) groups is 1. The van der Waals surface area contributed by atoms with E-state index in [-0.39, 0.29) is 17.9 Å². The van der Waals surface area contributed by atoms with E-state index in [1.807, 2.05) is 0 Å². The van der Waals surface area contributed by atoms with Crippen LogP contribution >= 0.6 is 11.3 Å². The molecule has 0 aliphatic heterocycles. The van der Waals surface area contributed by atoms with E-state index >= 15 is 0 Å². The molecule has 24 heavy (non-hydrogen) atoms. The van der Waals surface area contributed by atoms with Gasteiger partial charge >= 0.3 is 0 Å². The fourth-order valence-corrected chi connectivity index (χ4v) is 3.24. The van der Waals surface area contributed by atoms with Gasteiger partial charge in [0.25, 0.3) is 11.6 Å². The van der Waals surface area contributed by atoms with Gasteiger partial charge in [-0.05, 0) is 12.1 Å². The number of non-ortho nitro benzene ring substituents is 1. The number of thiazole rings is 1. The number of benzene rings is 1. The summed E-state index contributed by atoms with van der Waals surface area (Å²) < 4.78 is 3.81. The molecular formula is C15H11N5O3S. The summed E-state index contributed by atoms with van der Waals surface area (Å²) in [6.07, 6.45) is 7.03. The molecule has 0 saturated carbocycles. The number of rotatable bonds is 3. The van der Waals surface area contributed by atoms with Crippen molar-refractivity contribution in [3.05, 3.63) is 51.1 Å². The summed E-state index contributed by atoms with van der Waals surface area (Å²) in [5.41, 5.74) is 0.878. The molecule has 120 valence electrons. The summed E-state index contributed by atoms with van der Waals surface area (Å²) in [6, 6.07) is 6.00. The Morgan fingerprint density at radius 1 is 1.50 bits per heavy atom. The molecule has 0 unspecified atom stereocenters. The zero-order valence-corrected chi connectivity index (χ0v) is 13.4. The monoisotopic (exact) mass is 341 g/mol. The van der Waals surface area contributed by atoms with E-state index in [0.29, 0.717) is 15.0 Å². The van der Waals surface area contributed by atoms with Crippen LogP contribution in [0.4, 0.5) is 5.69 Å². The molecule has 0 spiro atoms. The van der Waals surface area contributed by atoms with Crippen molar-refractivity contribution in [2.75, 3.05) is 0 Å². The van der Waals surface area contributed by atoms with Gasteiger partial charge in [0.2, 0.25) is 0 Å². The third-order valence-corrected chi connectivity index (χ3v) is 4.30. The average Bonchev–Trinajstić information content (AvgIpc) is 3.11. The molecule has 2 aromatic heterocycles. The molecule has 0 fully saturated rings. The highest BCUT2D eigenvalue weighted by atomic mass is 32.1. The number of aryl methyl sites for hydroxylation is 1. The van der Waals surface area contributed by atoms with E-state index in [1.165, 1.54) is 28.2 Å². The van der Waals surface area contributed by atoms with Gasteiger partial charge in [-0.1, -0.05) is 17.3 Å². The molecule has 0 bridgehead atoms. The predicted octanol–water partition coefficient (Wildman–Crippen LogP) is 1.72. The SMILES string of the molecule is C#CCn1c(=NC(=O)c2ccn(C)n2)sc2cc([N+](=O)[O-])ccc21. The number of nitro groups is 1. The minimum atomic E-state index is -0.498. The Bertz CT molecular complexity index is 1070. The first-order chi connectivity index (χ1) is 11.5. The molecule has 0 saturated heterocycles. The first kappa shape index (κ1) is 15.6. The number of carbonyl (C=O) groups excluding carboxylic acids is 1. The number of terminal acetylenes is 1. The van der Waals surface area contributed by atoms with Gasteiger partial charge in [-0.2, -0.15) is 10.1 Å². The summed E-state index contributed by atoms with van der Waals surface area (Å²) in [4.78, 5) is 27.1. The van der Waals surface area contributed by atoms with Crippen molar-refractivity contribution >= 4 is 33.1 Å². The highest BCUT2D eigenvalue weighted by molar-refractivity contribution is 7.16. The standard InChI is InChI=1S/C15H11N5O3S/c1-3-7-19-12-5-4-10(20(22)23)9-13(12)24-15(19)16-14(21)11-6-8-18(2)17-11/h1,4-6,8-9H,7H2,2H3. The fourth-order valence-electron chi connectivity index (χ4n) is 2.18. The topological polar surface area (TPSA) is 95.3 Å². The summed E-state index contributed by atoms with van der Waals surface area (Å²) in [6.45, 7) is 0.201. The highest BCUT2D eigenvalue weighted by Gasteiger charge is 2.13. The Hall–Kier alpha value is -3.25. The largest absolute Gasteiger partial charge is 0.305 e. The lowest BCUT2D eigenvalue weighted by atomic mass is 10.3. The maximum Gasteiger partial charge on any atom is 0.300 e. The first-order valence-electron chi connectivity index (χ1n) is 6.79. The van der Waals surface area contributed by atoms with E-state index in [0.717, 1.165) is 0 Å². The van der Waals surface area contributed by atoms with Crippen LogP contribution in [0.15, 0.2) is 35.5 Å². The van der Waals surface area contributed by atoms with E-state index in [4.69, 9.17) is 6.42 Å². The number of nitro benzene ring substituents is 1. The van der Waals surface area contributed by atoms with Crippen molar-refractivity contribution in [1.29, 1.82) is 0 Å². The summed E-state index contributed by atoms with van der Waals surface area (Å²) in [7, 11) is 1.70. The fraction of sp³-hybridized carbons (Fsp3) is 0.133. The molecule has 0 radical (unpaired) electrons. The maximum absolute atomic E-state index is 12.2. The number of hydrogen-bond acceptors (Lipinski definition) is 5. The van der Waals surface area contributed by atoms with Crippen molar-refractivity contribution < 1.29 is 9.72 Å². The van der Waals surface area contributed by atoms with Crippen LogP contribution in [0.2, 0.25) is 0 Å². The average molecular weight is 341 g/mol. The molecular weight excluding hydrogens is 330 g/mol. The van der Waals surface area contributed by atoms with Crippen LogP contribution in [0.5, 0.6) is 0 Å². The van der Waals surface area contributed by atoms with Gasteiger partial charge in [0.05, 0.1) is 21.7 Å². The van der Waals surface area contributed by atoms with Crippen LogP contribution in [0.3, 0.4) is 0 Å². The second kappa shape index (κ2) is 6.10. The van der Waals surface area contributed by atoms with Gasteiger partial charge in [-0.25, -0.2) is 0 Å². The highest BCUT2D eigenvalue weighted by Crippen LogP contribution is 2.23. The smallest absolute Gasteiger partial charge is 0.300 e. The third kappa shape index (κ3) is 2.82. The van der Waals surface area contributed by atoms with Crippen LogP contribution in [-0.4, -0.2) is 25.2 Å². The molecule has 9 heteroatoms. The number of fused-ring (bicyclic) bond motifs is 1. The molecule has 3 aromatic rings. The van der Waals surface area contributed by atoms with Crippen LogP contribution in [0, 0.1) is 22.5 Å². The lowest BCUT2D eigenvalue weighted by Crippen LogP contribution is -2.16. The third-order valence-electron chi connectivity index (χ3n) is 3.26. The van der Waals surface area contributed by atoms with Crippen molar-refractivity contribution in [2.45, 2.75) is 6.54 Å². The van der Waals surface area contributed by atoms with Crippen molar-refractivity contribution in [3.8, 4) is 12.3 Å². The van der Waals surface area contributed by atoms with Gasteiger partial charge in [-0.15, -0.1) is 6.42 Å². The Balaban J connectivity index is 2.17. The van der Waals surface area contributed by atoms with E-state index in [2.05, 4.69) is 16.0 Å². The second-order valence-electron chi connectivity index (χ2n) is 4.88. The molecule has 0 aliphatic carbocycles. The Labute approximate surface area is 139 Å². The quantitative estimate of drug-likeness (QED) is 0.412. The minimum absolute atomic E-state index is 0.0285. The summed E-state index contributed by atoms with van der Waals surface area (Å²) in [5, 5.41) is 14.9. The Morgan fingerprint density at radius 3 is 2.92 bits per heavy atom. The Kier molecular flexibility index (Phi) is 3.97. The second-order valence-corrected chi connectivity index (χ2v) is 5.88. The summed E-state index contributed by atoms with van der Waals surface area (Å²) >= 11 is 1.17. The lowest BCUT2D eigenvalue weighted by molar-refractivity contribution is -0.384. The number of aromatic nitrogens is 3. The molecule has 1 amide bonds. The molecule has 1 aromatic carbocycles. The molecule has 0 N–H and O–H groups in total. The zero-order chi connectivity index (χ0) is 17.3. The lowest BCUT2D eigenvalue weighted by Gasteiger charge is -1.99. The van der Waals surface area contributed by atoms with Crippen LogP contribution < -0.4 is 4.80 Å². The predicted molar refractivity (Wildman–Crippen MR) is 88.4 cm³/mol. The van der Waals surface area contributed by atoms with Crippen LogP contribution in [-0.2, 0) is 13.6 Å². The van der Waals surface area contributed by atoms with Crippen molar-refractivity contribution in [2.24, 2.45) is 12.0 Å². The minimum Gasteiger partial charge on any atom is -0.305 e. The summed E-state index contributed by atoms with van der Waals surface area (Å²) in [5.74, 6) is 2.00. The van der Waals surface area contributed by atoms with Gasteiger partial charge in [0, 0.05) is 25.4 Å². The van der Waals surface area contributed by atoms with Gasteiger partial charge in [0.1, 0.15) is 0 Å². The van der Waals surface area contributed by atoms with Gasteiger partial charge in [-0.3, -0.25) is 19.6 Å². The molecule has 8 nitrogen and oxygen atoms in total. The van der Waals surface area contributed by atoms with E-state index < -0.39 is 10.8 Å². The van der Waals surface area contributed by atoms with Gasteiger partial charge < -0.3 is 4.57 Å². The molecule has 0 aliphatic rings. The van der Waals surface area contributed by atoms with Crippen molar-refractivity contribution in [1.82, 2.24) is 14.3 Å². The maximum atomic E-state index is 12.2. The molecule has 0 atom stereocenters. The van der Waals surface area contributed by atoms with E-state index in [1.54, 1.807) is 29.9 Å². The number of hydrogen-bond donors (Lipinski definition) is 0. The first-order valence-corrected chi connectivity index (χ1v) is 7.61. The molecule has 3 rings (SSSR count). The van der Waals surface area contributed by atoms with E-state index in [9.17, 15) is 14.9 Å². The number of nitrogens with zero attached hydrogens (tertiary/aromatic N) is 5. The Morgan fingerprint density at radius 2 is 2.29 bits per heavy atom. The molecule has 2 heterocycles. The number of amides is 1.